The van der Waals surface area contributed by atoms with Crippen LogP contribution in [0.25, 0.3) is 0 Å². The van der Waals surface area contributed by atoms with E-state index in [0.717, 1.165) is 19.3 Å². The smallest absolute Gasteiger partial charge is 0.350 e. The average Bonchev–Trinajstić information content (AvgIpc) is 2.20. The van der Waals surface area contributed by atoms with Crippen molar-refractivity contribution in [2.45, 2.75) is 50.1 Å². The fraction of sp³-hybridized carbons (Fsp3) is 0.818. The van der Waals surface area contributed by atoms with Crippen molar-refractivity contribution in [3.8, 4) is 0 Å². The van der Waals surface area contributed by atoms with Gasteiger partial charge >= 0.3 is 5.97 Å². The molecule has 0 N–H and O–H groups in total. The highest BCUT2D eigenvalue weighted by atomic mass is 35.5. The van der Waals surface area contributed by atoms with Crippen LogP contribution < -0.4 is 0 Å². The number of hydrogen-bond acceptors (Lipinski definition) is 3. The number of unbranched alkanes of at least 4 members (excludes halogenated alkanes) is 1. The van der Waals surface area contributed by atoms with E-state index in [2.05, 4.69) is 11.9 Å². The highest BCUT2D eigenvalue weighted by Crippen LogP contribution is 2.49. The van der Waals surface area contributed by atoms with Crippen molar-refractivity contribution in [1.82, 2.24) is 0 Å². The zero-order chi connectivity index (χ0) is 12.0. The predicted octanol–water partition coefficient (Wildman–Crippen LogP) is 3.08. The molecule has 1 saturated heterocycles. The van der Waals surface area contributed by atoms with Crippen LogP contribution in [-0.2, 0) is 9.53 Å². The SMILES string of the molecule is CCCC[C@H]1C[C@@]2(C)OC(=O)[C@]1(Cl)N=C2Cl. The molecule has 0 saturated carbocycles. The van der Waals surface area contributed by atoms with Gasteiger partial charge in [0.05, 0.1) is 0 Å². The summed E-state index contributed by atoms with van der Waals surface area (Å²) in [6.07, 6.45) is 3.67. The predicted molar refractivity (Wildman–Crippen MR) is 64.0 cm³/mol. The number of ether oxygens (including phenoxy) is 1. The third-order valence-corrected chi connectivity index (χ3v) is 4.42. The van der Waals surface area contributed by atoms with Crippen LogP contribution in [0, 0.1) is 5.92 Å². The fourth-order valence-corrected chi connectivity index (χ4v) is 2.96. The van der Waals surface area contributed by atoms with Gasteiger partial charge in [0.1, 0.15) is 5.17 Å². The second kappa shape index (κ2) is 3.88. The highest BCUT2D eigenvalue weighted by Gasteiger charge is 2.60. The molecular weight excluding hydrogens is 249 g/mol. The Morgan fingerprint density at radius 2 is 2.31 bits per heavy atom. The first-order valence-electron chi connectivity index (χ1n) is 5.60. The lowest BCUT2D eigenvalue weighted by Crippen LogP contribution is -2.60. The summed E-state index contributed by atoms with van der Waals surface area (Å²) in [7, 11) is 0. The van der Waals surface area contributed by atoms with Gasteiger partial charge in [-0.25, -0.2) is 9.79 Å². The van der Waals surface area contributed by atoms with Crippen molar-refractivity contribution in [1.29, 1.82) is 0 Å². The number of halogens is 2. The quantitative estimate of drug-likeness (QED) is 0.446. The molecule has 0 unspecified atom stereocenters. The van der Waals surface area contributed by atoms with Crippen LogP contribution in [0.15, 0.2) is 4.99 Å². The molecule has 3 atom stereocenters. The second-order valence-corrected chi connectivity index (χ2v) is 5.67. The summed E-state index contributed by atoms with van der Waals surface area (Å²) in [5.41, 5.74) is -0.756. The number of fused-ring (bicyclic) bond motifs is 2. The molecule has 90 valence electrons. The van der Waals surface area contributed by atoms with E-state index in [1.807, 2.05) is 0 Å². The summed E-state index contributed by atoms with van der Waals surface area (Å²) < 4.78 is 5.26. The van der Waals surface area contributed by atoms with E-state index >= 15 is 0 Å². The number of esters is 1. The molecule has 0 aliphatic carbocycles. The van der Waals surface area contributed by atoms with Gasteiger partial charge in [-0.15, -0.1) is 0 Å². The van der Waals surface area contributed by atoms with Crippen molar-refractivity contribution < 1.29 is 9.53 Å². The first kappa shape index (κ1) is 12.2. The molecule has 3 aliphatic heterocycles. The number of carbonyl (C=O) groups excluding carboxylic acids is 1. The molecule has 3 rings (SSSR count). The molecular formula is C11H15Cl2NO2. The Balaban J connectivity index is 2.30. The van der Waals surface area contributed by atoms with Crippen molar-refractivity contribution in [3.05, 3.63) is 0 Å². The minimum atomic E-state index is -1.27. The monoisotopic (exact) mass is 263 g/mol. The van der Waals surface area contributed by atoms with E-state index in [-0.39, 0.29) is 5.92 Å². The molecule has 2 bridgehead atoms. The van der Waals surface area contributed by atoms with Gasteiger partial charge in [0, 0.05) is 12.3 Å². The van der Waals surface area contributed by atoms with Gasteiger partial charge in [-0.05, 0) is 13.3 Å². The van der Waals surface area contributed by atoms with E-state index in [1.165, 1.54) is 0 Å². The number of nitrogens with zero attached hydrogens (tertiary/aromatic N) is 1. The third-order valence-electron chi connectivity index (χ3n) is 3.38. The molecule has 5 heteroatoms. The molecule has 3 aliphatic rings. The molecule has 16 heavy (non-hydrogen) atoms. The Morgan fingerprint density at radius 3 is 2.94 bits per heavy atom. The zero-order valence-electron chi connectivity index (χ0n) is 9.43. The number of hydrogen-bond donors (Lipinski definition) is 0. The van der Waals surface area contributed by atoms with Gasteiger partial charge in [-0.1, -0.05) is 43.0 Å². The van der Waals surface area contributed by atoms with E-state index in [9.17, 15) is 4.79 Å². The first-order valence-corrected chi connectivity index (χ1v) is 6.36. The summed E-state index contributed by atoms with van der Waals surface area (Å²) in [6, 6.07) is 0. The lowest BCUT2D eigenvalue weighted by molar-refractivity contribution is -0.169. The Hall–Kier alpha value is -0.280. The standard InChI is InChI=1S/C11H15Cl2NO2/c1-3-4-5-7-6-10(2)8(12)14-11(7,13)9(15)16-10/h7H,3-6H2,1-2H3/t7-,10+,11+/m0/s1. The molecule has 3 nitrogen and oxygen atoms in total. The van der Waals surface area contributed by atoms with Gasteiger partial charge in [0.15, 0.2) is 5.60 Å². The summed E-state index contributed by atoms with van der Waals surface area (Å²) >= 11 is 12.3. The van der Waals surface area contributed by atoms with Gasteiger partial charge in [-0.2, -0.15) is 0 Å². The third kappa shape index (κ3) is 1.65. The summed E-state index contributed by atoms with van der Waals surface area (Å²) in [6.45, 7) is 3.91. The van der Waals surface area contributed by atoms with E-state index in [1.54, 1.807) is 6.92 Å². The number of alkyl halides is 1. The summed E-state index contributed by atoms with van der Waals surface area (Å²) in [5.74, 6) is -0.420. The Bertz CT molecular complexity index is 358. The van der Waals surface area contributed by atoms with E-state index in [0.29, 0.717) is 11.6 Å². The molecule has 1 fully saturated rings. The Labute approximate surface area is 105 Å². The van der Waals surface area contributed by atoms with Crippen molar-refractivity contribution in [2.75, 3.05) is 0 Å². The molecule has 0 aromatic carbocycles. The topological polar surface area (TPSA) is 38.7 Å². The minimum Gasteiger partial charge on any atom is -0.449 e. The fourth-order valence-electron chi connectivity index (χ4n) is 2.36. The second-order valence-electron chi connectivity index (χ2n) is 4.74. The molecule has 3 heterocycles. The van der Waals surface area contributed by atoms with Crippen LogP contribution in [-0.4, -0.2) is 21.7 Å². The van der Waals surface area contributed by atoms with Crippen LogP contribution >= 0.6 is 23.2 Å². The van der Waals surface area contributed by atoms with Gasteiger partial charge in [-0.3, -0.25) is 0 Å². The largest absolute Gasteiger partial charge is 0.449 e. The van der Waals surface area contributed by atoms with Crippen LogP contribution in [0.4, 0.5) is 0 Å². The van der Waals surface area contributed by atoms with Gasteiger partial charge in [0.2, 0.25) is 5.00 Å². The molecule has 0 spiro atoms. The lowest BCUT2D eigenvalue weighted by atomic mass is 9.78. The first-order chi connectivity index (χ1) is 7.42. The van der Waals surface area contributed by atoms with E-state index in [4.69, 9.17) is 27.9 Å². The summed E-state index contributed by atoms with van der Waals surface area (Å²) in [4.78, 5) is 14.7. The maximum Gasteiger partial charge on any atom is 0.350 e. The Kier molecular flexibility index (Phi) is 2.96. The van der Waals surface area contributed by atoms with Crippen molar-refractivity contribution in [2.24, 2.45) is 10.9 Å². The number of rotatable bonds is 3. The molecule has 0 amide bonds. The number of carbonyl (C=O) groups is 1. The van der Waals surface area contributed by atoms with Crippen molar-refractivity contribution in [3.63, 3.8) is 0 Å². The number of aliphatic imine (C=N–C) groups is 1. The van der Waals surface area contributed by atoms with E-state index < -0.39 is 16.6 Å². The zero-order valence-corrected chi connectivity index (χ0v) is 10.9. The van der Waals surface area contributed by atoms with Crippen molar-refractivity contribution >= 4 is 34.3 Å². The normalized spacial score (nSPS) is 41.9. The summed E-state index contributed by atoms with van der Waals surface area (Å²) in [5, 5.41) is 0.315. The Morgan fingerprint density at radius 1 is 1.62 bits per heavy atom. The molecule has 0 radical (unpaired) electrons. The van der Waals surface area contributed by atoms with Crippen LogP contribution in [0.1, 0.15) is 39.5 Å². The maximum atomic E-state index is 11.8. The maximum absolute atomic E-state index is 11.8. The van der Waals surface area contributed by atoms with Crippen LogP contribution in [0.5, 0.6) is 0 Å². The average molecular weight is 264 g/mol. The lowest BCUT2D eigenvalue weighted by Gasteiger charge is -2.48. The van der Waals surface area contributed by atoms with Crippen LogP contribution in [0.2, 0.25) is 0 Å². The van der Waals surface area contributed by atoms with Gasteiger partial charge in [0.25, 0.3) is 0 Å². The minimum absolute atomic E-state index is 0.0304. The highest BCUT2D eigenvalue weighted by molar-refractivity contribution is 6.68. The molecule has 0 aromatic rings. The van der Waals surface area contributed by atoms with Gasteiger partial charge < -0.3 is 4.74 Å². The molecule has 0 aromatic heterocycles. The van der Waals surface area contributed by atoms with Crippen LogP contribution in [0.3, 0.4) is 0 Å².